The van der Waals surface area contributed by atoms with Crippen molar-refractivity contribution in [2.75, 3.05) is 26.8 Å². The Kier molecular flexibility index (Phi) is 4.87. The highest BCUT2D eigenvalue weighted by molar-refractivity contribution is 5.77. The molecule has 1 amide bonds. The second-order valence-electron chi connectivity index (χ2n) is 5.28. The highest BCUT2D eigenvalue weighted by Gasteiger charge is 2.28. The quantitative estimate of drug-likeness (QED) is 0.828. The fourth-order valence-electron chi connectivity index (χ4n) is 2.44. The van der Waals surface area contributed by atoms with E-state index in [1.54, 1.807) is 13.2 Å². The second kappa shape index (κ2) is 6.46. The van der Waals surface area contributed by atoms with Crippen LogP contribution in [0.3, 0.4) is 0 Å². The zero-order valence-corrected chi connectivity index (χ0v) is 11.8. The van der Waals surface area contributed by atoms with Crippen LogP contribution in [0.2, 0.25) is 0 Å². The van der Waals surface area contributed by atoms with Crippen molar-refractivity contribution in [2.24, 2.45) is 5.92 Å². The Morgan fingerprint density at radius 3 is 3.05 bits per heavy atom. The van der Waals surface area contributed by atoms with Crippen LogP contribution in [-0.4, -0.2) is 53.3 Å². The molecule has 0 unspecified atom stereocenters. The molecule has 0 saturated heterocycles. The Balaban J connectivity index is 1.74. The Morgan fingerprint density at radius 1 is 1.57 bits per heavy atom. The molecule has 118 valence electrons. The van der Waals surface area contributed by atoms with E-state index in [9.17, 15) is 18.0 Å². The molecule has 2 heterocycles. The number of carbonyl (C=O) groups excluding carboxylic acids is 1. The molecule has 1 aromatic rings. The van der Waals surface area contributed by atoms with Gasteiger partial charge in [0.2, 0.25) is 5.91 Å². The summed E-state index contributed by atoms with van der Waals surface area (Å²) in [5, 5.41) is 0. The second-order valence-corrected chi connectivity index (χ2v) is 5.28. The van der Waals surface area contributed by atoms with Gasteiger partial charge in [-0.05, 0) is 12.3 Å². The molecule has 0 aliphatic carbocycles. The van der Waals surface area contributed by atoms with Gasteiger partial charge < -0.3 is 14.2 Å². The average Bonchev–Trinajstić information content (AvgIpc) is 2.84. The first-order valence-corrected chi connectivity index (χ1v) is 6.73. The molecule has 0 aromatic carbocycles. The fraction of sp³-hybridized carbons (Fsp3) is 0.692. The normalized spacial score (nSPS) is 18.4. The maximum absolute atomic E-state index is 11.9. The zero-order valence-electron chi connectivity index (χ0n) is 11.8. The predicted octanol–water partition coefficient (Wildman–Crippen LogP) is 1.48. The van der Waals surface area contributed by atoms with Gasteiger partial charge in [-0.25, -0.2) is 4.98 Å². The van der Waals surface area contributed by atoms with Crippen molar-refractivity contribution in [3.05, 3.63) is 18.2 Å². The number of carbonyl (C=O) groups is 1. The third-order valence-electron chi connectivity index (χ3n) is 3.48. The van der Waals surface area contributed by atoms with Gasteiger partial charge in [0.25, 0.3) is 0 Å². The van der Waals surface area contributed by atoms with Gasteiger partial charge in [-0.3, -0.25) is 4.79 Å². The van der Waals surface area contributed by atoms with Crippen LogP contribution in [-0.2, 0) is 22.5 Å². The van der Waals surface area contributed by atoms with E-state index >= 15 is 0 Å². The standard InChI is InChI=1S/C13H18F3N3O2/c1-18(12(20)8-21-9-13(14,15)16)6-10-2-3-11-17-4-5-19(11)7-10/h4-5,10H,2-3,6-9H2,1H3/t10-/m1/s1. The Morgan fingerprint density at radius 2 is 2.33 bits per heavy atom. The van der Waals surface area contributed by atoms with Crippen LogP contribution in [0.5, 0.6) is 0 Å². The molecule has 5 nitrogen and oxygen atoms in total. The number of imidazole rings is 1. The molecule has 1 aliphatic rings. The molecule has 0 fully saturated rings. The van der Waals surface area contributed by atoms with E-state index in [4.69, 9.17) is 0 Å². The number of nitrogens with zero attached hydrogens (tertiary/aromatic N) is 3. The summed E-state index contributed by atoms with van der Waals surface area (Å²) >= 11 is 0. The minimum atomic E-state index is -4.40. The van der Waals surface area contributed by atoms with Crippen LogP contribution in [0, 0.1) is 5.92 Å². The number of aromatic nitrogens is 2. The maximum atomic E-state index is 11.9. The third-order valence-corrected chi connectivity index (χ3v) is 3.48. The smallest absolute Gasteiger partial charge is 0.362 e. The van der Waals surface area contributed by atoms with Crippen molar-refractivity contribution in [1.82, 2.24) is 14.5 Å². The first-order chi connectivity index (χ1) is 9.85. The van der Waals surface area contributed by atoms with Gasteiger partial charge in [-0.15, -0.1) is 0 Å². The summed E-state index contributed by atoms with van der Waals surface area (Å²) in [5.41, 5.74) is 0. The number of alkyl halides is 3. The molecule has 1 aliphatic heterocycles. The summed E-state index contributed by atoms with van der Waals surface area (Å²) in [7, 11) is 1.59. The monoisotopic (exact) mass is 305 g/mol. The van der Waals surface area contributed by atoms with Gasteiger partial charge in [-0.2, -0.15) is 13.2 Å². The van der Waals surface area contributed by atoms with Gasteiger partial charge in [-0.1, -0.05) is 0 Å². The number of aryl methyl sites for hydroxylation is 1. The third kappa shape index (κ3) is 4.73. The lowest BCUT2D eigenvalue weighted by Crippen LogP contribution is -2.37. The van der Waals surface area contributed by atoms with E-state index in [1.165, 1.54) is 4.90 Å². The molecule has 8 heteroatoms. The van der Waals surface area contributed by atoms with Gasteiger partial charge in [0.1, 0.15) is 19.0 Å². The Bertz CT molecular complexity index is 487. The summed E-state index contributed by atoms with van der Waals surface area (Å²) < 4.78 is 42.2. The Hall–Kier alpha value is -1.57. The lowest BCUT2D eigenvalue weighted by atomic mass is 9.99. The highest BCUT2D eigenvalue weighted by atomic mass is 19.4. The number of ether oxygens (including phenoxy) is 1. The van der Waals surface area contributed by atoms with Crippen molar-refractivity contribution in [2.45, 2.75) is 25.6 Å². The number of rotatable bonds is 5. The van der Waals surface area contributed by atoms with Crippen LogP contribution < -0.4 is 0 Å². The summed E-state index contributed by atoms with van der Waals surface area (Å²) in [5.74, 6) is 0.882. The number of likely N-dealkylation sites (N-methyl/N-ethyl adjacent to an activating group) is 1. The summed E-state index contributed by atoms with van der Waals surface area (Å²) in [4.78, 5) is 17.4. The highest BCUT2D eigenvalue weighted by Crippen LogP contribution is 2.19. The van der Waals surface area contributed by atoms with E-state index in [0.29, 0.717) is 6.54 Å². The van der Waals surface area contributed by atoms with E-state index < -0.39 is 25.3 Å². The van der Waals surface area contributed by atoms with Gasteiger partial charge in [0, 0.05) is 39.0 Å². The zero-order chi connectivity index (χ0) is 15.5. The van der Waals surface area contributed by atoms with E-state index in [1.807, 2.05) is 10.8 Å². The largest absolute Gasteiger partial charge is 0.411 e. The number of hydrogen-bond donors (Lipinski definition) is 0. The first-order valence-electron chi connectivity index (χ1n) is 6.73. The van der Waals surface area contributed by atoms with Crippen molar-refractivity contribution in [1.29, 1.82) is 0 Å². The Labute approximate surface area is 120 Å². The van der Waals surface area contributed by atoms with Crippen LogP contribution >= 0.6 is 0 Å². The molecule has 0 N–H and O–H groups in total. The number of hydrogen-bond acceptors (Lipinski definition) is 3. The van der Waals surface area contributed by atoms with E-state index in [-0.39, 0.29) is 5.92 Å². The molecule has 21 heavy (non-hydrogen) atoms. The van der Waals surface area contributed by atoms with E-state index in [0.717, 1.165) is 25.2 Å². The minimum absolute atomic E-state index is 0.281. The summed E-state index contributed by atoms with van der Waals surface area (Å²) in [6.07, 6.45) is 1.01. The molecular weight excluding hydrogens is 287 g/mol. The summed E-state index contributed by atoms with van der Waals surface area (Å²) in [6.45, 7) is -0.657. The van der Waals surface area contributed by atoms with Crippen molar-refractivity contribution in [3.8, 4) is 0 Å². The topological polar surface area (TPSA) is 47.4 Å². The van der Waals surface area contributed by atoms with Gasteiger partial charge in [0.05, 0.1) is 0 Å². The van der Waals surface area contributed by atoms with Gasteiger partial charge in [0.15, 0.2) is 0 Å². The van der Waals surface area contributed by atoms with Crippen molar-refractivity contribution >= 4 is 5.91 Å². The molecule has 1 atom stereocenters. The molecule has 2 rings (SSSR count). The number of amides is 1. The molecule has 1 aromatic heterocycles. The lowest BCUT2D eigenvalue weighted by Gasteiger charge is -2.28. The minimum Gasteiger partial charge on any atom is -0.362 e. The molecule has 0 saturated carbocycles. The number of fused-ring (bicyclic) bond motifs is 1. The molecule has 0 bridgehead atoms. The molecule has 0 radical (unpaired) electrons. The number of halogens is 3. The molecular formula is C13H18F3N3O2. The average molecular weight is 305 g/mol. The maximum Gasteiger partial charge on any atom is 0.411 e. The van der Waals surface area contributed by atoms with E-state index in [2.05, 4.69) is 9.72 Å². The van der Waals surface area contributed by atoms with Crippen LogP contribution in [0.1, 0.15) is 12.2 Å². The summed E-state index contributed by atoms with van der Waals surface area (Å²) in [6, 6.07) is 0. The van der Waals surface area contributed by atoms with Crippen LogP contribution in [0.4, 0.5) is 13.2 Å². The molecule has 0 spiro atoms. The van der Waals surface area contributed by atoms with Crippen molar-refractivity contribution < 1.29 is 22.7 Å². The van der Waals surface area contributed by atoms with Gasteiger partial charge >= 0.3 is 6.18 Å². The fourth-order valence-corrected chi connectivity index (χ4v) is 2.44. The van der Waals surface area contributed by atoms with Crippen LogP contribution in [0.15, 0.2) is 12.4 Å². The predicted molar refractivity (Wildman–Crippen MR) is 68.5 cm³/mol. The van der Waals surface area contributed by atoms with Crippen molar-refractivity contribution in [3.63, 3.8) is 0 Å². The lowest BCUT2D eigenvalue weighted by molar-refractivity contribution is -0.177. The van der Waals surface area contributed by atoms with Crippen LogP contribution in [0.25, 0.3) is 0 Å². The SMILES string of the molecule is CN(C[C@H]1CCc2nccn2C1)C(=O)COCC(F)(F)F. The first kappa shape index (κ1) is 15.8.